The molecule has 0 aliphatic carbocycles. The zero-order chi connectivity index (χ0) is 14.7. The Balaban J connectivity index is 2.07. The third kappa shape index (κ3) is 3.35. The summed E-state index contributed by atoms with van der Waals surface area (Å²) in [5, 5.41) is 9.93. The van der Waals surface area contributed by atoms with E-state index in [1.54, 1.807) is 12.1 Å². The molecule has 2 aromatic rings. The van der Waals surface area contributed by atoms with Crippen LogP contribution in [0.2, 0.25) is 0 Å². The Morgan fingerprint density at radius 1 is 1.00 bits per heavy atom. The molecule has 1 N–H and O–H groups in total. The van der Waals surface area contributed by atoms with E-state index in [4.69, 9.17) is 0 Å². The average Bonchev–Trinajstić information content (AvgIpc) is 2.44. The summed E-state index contributed by atoms with van der Waals surface area (Å²) in [6.45, 7) is 1.46. The molecule has 106 valence electrons. The summed E-state index contributed by atoms with van der Waals surface area (Å²) in [7, 11) is 0. The van der Waals surface area contributed by atoms with E-state index in [0.717, 1.165) is 4.90 Å². The lowest BCUT2D eigenvalue weighted by Gasteiger charge is -2.13. The van der Waals surface area contributed by atoms with Crippen LogP contribution in [0.1, 0.15) is 17.2 Å². The van der Waals surface area contributed by atoms with Crippen molar-refractivity contribution in [2.75, 3.05) is 5.75 Å². The highest BCUT2D eigenvalue weighted by Crippen LogP contribution is 2.27. The Morgan fingerprint density at radius 2 is 1.65 bits per heavy atom. The summed E-state index contributed by atoms with van der Waals surface area (Å²) in [6, 6.07) is 8.56. The number of aliphatic hydroxyl groups is 1. The Bertz CT molecular complexity index is 599. The van der Waals surface area contributed by atoms with Crippen LogP contribution in [0.25, 0.3) is 0 Å². The summed E-state index contributed by atoms with van der Waals surface area (Å²) < 4.78 is 39.9. The highest BCUT2D eigenvalue weighted by atomic mass is 32.2. The first-order valence-electron chi connectivity index (χ1n) is 6.00. The van der Waals surface area contributed by atoms with Crippen molar-refractivity contribution in [1.82, 2.24) is 0 Å². The number of hydrogen-bond acceptors (Lipinski definition) is 2. The first kappa shape index (κ1) is 14.9. The van der Waals surface area contributed by atoms with Crippen LogP contribution in [0.3, 0.4) is 0 Å². The molecular formula is C15H13F3OS. The second-order valence-corrected chi connectivity index (χ2v) is 5.47. The minimum Gasteiger partial charge on any atom is -0.387 e. The number of aryl methyl sites for hydroxylation is 1. The normalized spacial score (nSPS) is 12.4. The molecule has 0 amide bonds. The van der Waals surface area contributed by atoms with Crippen molar-refractivity contribution in [3.8, 4) is 0 Å². The molecule has 0 spiro atoms. The monoisotopic (exact) mass is 298 g/mol. The highest BCUT2D eigenvalue weighted by molar-refractivity contribution is 7.99. The first-order valence-corrected chi connectivity index (χ1v) is 6.98. The van der Waals surface area contributed by atoms with Crippen LogP contribution < -0.4 is 0 Å². The molecule has 2 rings (SSSR count). The van der Waals surface area contributed by atoms with Gasteiger partial charge in [-0.05, 0) is 36.8 Å². The minimum atomic E-state index is -1.12. The summed E-state index contributed by atoms with van der Waals surface area (Å²) >= 11 is 1.25. The standard InChI is InChI=1S/C15H13F3OS/c1-9-2-7-12(15(18)14(9)17)13(19)8-20-11-5-3-10(16)4-6-11/h2-7,13,19H,8H2,1H3. The molecule has 0 aromatic heterocycles. The molecule has 0 radical (unpaired) electrons. The third-order valence-corrected chi connectivity index (χ3v) is 3.97. The molecule has 1 nitrogen and oxygen atoms in total. The predicted octanol–water partition coefficient (Wildman–Crippen LogP) is 4.24. The third-order valence-electron chi connectivity index (χ3n) is 2.89. The van der Waals surface area contributed by atoms with Crippen LogP contribution in [0.4, 0.5) is 13.2 Å². The Kier molecular flexibility index (Phi) is 4.73. The summed E-state index contributed by atoms with van der Waals surface area (Å²) in [5.74, 6) is -2.14. The van der Waals surface area contributed by atoms with Crippen molar-refractivity contribution in [2.45, 2.75) is 17.9 Å². The summed E-state index contributed by atoms with van der Waals surface area (Å²) in [5.41, 5.74) is 0.132. The largest absolute Gasteiger partial charge is 0.387 e. The molecule has 0 heterocycles. The number of aliphatic hydroxyl groups excluding tert-OH is 1. The maximum atomic E-state index is 13.7. The lowest BCUT2D eigenvalue weighted by molar-refractivity contribution is 0.197. The average molecular weight is 298 g/mol. The second-order valence-electron chi connectivity index (χ2n) is 4.38. The fourth-order valence-corrected chi connectivity index (χ4v) is 2.57. The van der Waals surface area contributed by atoms with E-state index < -0.39 is 17.7 Å². The smallest absolute Gasteiger partial charge is 0.164 e. The number of halogens is 3. The van der Waals surface area contributed by atoms with Crippen LogP contribution in [0.15, 0.2) is 41.3 Å². The fourth-order valence-electron chi connectivity index (χ4n) is 1.71. The van der Waals surface area contributed by atoms with Crippen LogP contribution in [-0.2, 0) is 0 Å². The molecule has 5 heteroatoms. The number of thioether (sulfide) groups is 1. The van der Waals surface area contributed by atoms with Crippen LogP contribution >= 0.6 is 11.8 Å². The molecule has 2 aromatic carbocycles. The molecule has 20 heavy (non-hydrogen) atoms. The molecule has 1 atom stereocenters. The van der Waals surface area contributed by atoms with E-state index in [1.807, 2.05) is 0 Å². The van der Waals surface area contributed by atoms with E-state index >= 15 is 0 Å². The molecule has 1 unspecified atom stereocenters. The zero-order valence-electron chi connectivity index (χ0n) is 10.7. The van der Waals surface area contributed by atoms with Crippen molar-refractivity contribution in [3.63, 3.8) is 0 Å². The van der Waals surface area contributed by atoms with Gasteiger partial charge in [0, 0.05) is 16.2 Å². The van der Waals surface area contributed by atoms with E-state index in [-0.39, 0.29) is 22.7 Å². The van der Waals surface area contributed by atoms with Gasteiger partial charge in [-0.2, -0.15) is 0 Å². The maximum absolute atomic E-state index is 13.7. The van der Waals surface area contributed by atoms with Crippen LogP contribution in [0, 0.1) is 24.4 Å². The Hall–Kier alpha value is -1.46. The van der Waals surface area contributed by atoms with Gasteiger partial charge >= 0.3 is 0 Å². The lowest BCUT2D eigenvalue weighted by atomic mass is 10.1. The van der Waals surface area contributed by atoms with Crippen molar-refractivity contribution in [1.29, 1.82) is 0 Å². The number of rotatable bonds is 4. The zero-order valence-corrected chi connectivity index (χ0v) is 11.6. The van der Waals surface area contributed by atoms with Crippen LogP contribution in [-0.4, -0.2) is 10.9 Å². The molecule has 0 bridgehead atoms. The van der Waals surface area contributed by atoms with Crippen molar-refractivity contribution in [3.05, 3.63) is 65.0 Å². The van der Waals surface area contributed by atoms with Gasteiger partial charge in [-0.1, -0.05) is 12.1 Å². The fraction of sp³-hybridized carbons (Fsp3) is 0.200. The molecule has 0 fully saturated rings. The van der Waals surface area contributed by atoms with E-state index in [9.17, 15) is 18.3 Å². The van der Waals surface area contributed by atoms with Gasteiger partial charge in [-0.3, -0.25) is 0 Å². The SMILES string of the molecule is Cc1ccc(C(O)CSc2ccc(F)cc2)c(F)c1F. The van der Waals surface area contributed by atoms with E-state index in [1.165, 1.54) is 43.0 Å². The minimum absolute atomic E-state index is 0.0669. The molecule has 0 aliphatic heterocycles. The summed E-state index contributed by atoms with van der Waals surface area (Å²) in [4.78, 5) is 0.749. The van der Waals surface area contributed by atoms with Crippen LogP contribution in [0.5, 0.6) is 0 Å². The van der Waals surface area contributed by atoms with Gasteiger partial charge in [0.2, 0.25) is 0 Å². The van der Waals surface area contributed by atoms with Gasteiger partial charge in [0.25, 0.3) is 0 Å². The molecule has 0 saturated carbocycles. The van der Waals surface area contributed by atoms with Crippen molar-refractivity contribution in [2.24, 2.45) is 0 Å². The van der Waals surface area contributed by atoms with Gasteiger partial charge in [0.15, 0.2) is 11.6 Å². The lowest BCUT2D eigenvalue weighted by Crippen LogP contribution is -2.06. The van der Waals surface area contributed by atoms with E-state index in [2.05, 4.69) is 0 Å². The molecular weight excluding hydrogens is 285 g/mol. The molecule has 0 saturated heterocycles. The quantitative estimate of drug-likeness (QED) is 0.852. The van der Waals surface area contributed by atoms with Gasteiger partial charge in [0.05, 0.1) is 6.10 Å². The van der Waals surface area contributed by atoms with Gasteiger partial charge in [-0.15, -0.1) is 11.8 Å². The Morgan fingerprint density at radius 3 is 2.30 bits per heavy atom. The van der Waals surface area contributed by atoms with Gasteiger partial charge in [-0.25, -0.2) is 13.2 Å². The first-order chi connectivity index (χ1) is 9.49. The number of benzene rings is 2. The highest BCUT2D eigenvalue weighted by Gasteiger charge is 2.17. The maximum Gasteiger partial charge on any atom is 0.164 e. The van der Waals surface area contributed by atoms with Crippen molar-refractivity contribution < 1.29 is 18.3 Å². The number of hydrogen-bond donors (Lipinski definition) is 1. The van der Waals surface area contributed by atoms with E-state index in [0.29, 0.717) is 0 Å². The van der Waals surface area contributed by atoms with Gasteiger partial charge in [0.1, 0.15) is 5.82 Å². The van der Waals surface area contributed by atoms with Crippen molar-refractivity contribution >= 4 is 11.8 Å². The Labute approximate surface area is 119 Å². The summed E-state index contributed by atoms with van der Waals surface area (Å²) in [6.07, 6.45) is -1.12. The second kappa shape index (κ2) is 6.33. The predicted molar refractivity (Wildman–Crippen MR) is 73.2 cm³/mol. The van der Waals surface area contributed by atoms with Gasteiger partial charge < -0.3 is 5.11 Å². The molecule has 0 aliphatic rings. The topological polar surface area (TPSA) is 20.2 Å².